The highest BCUT2D eigenvalue weighted by Gasteiger charge is 2.24. The standard InChI is InChI=1S/C24H20ClF2N3O2.3CH4/c1-14(29-15(2)31)24(16-3-5-18(26)6-4-16)32-23-11-17-13-28-30(22(17)12-21(23)25)20-9-7-19(27)8-10-20;;;/h3-14,24H,1-2H3,(H,29,31);3*1H4/t14-,24+;;;/m1.../s1. The molecule has 188 valence electrons. The van der Waals surface area contributed by atoms with Crippen LogP contribution < -0.4 is 10.1 Å². The maximum atomic E-state index is 13.4. The van der Waals surface area contributed by atoms with E-state index in [1.54, 1.807) is 54.2 Å². The summed E-state index contributed by atoms with van der Waals surface area (Å²) in [7, 11) is 0. The van der Waals surface area contributed by atoms with Crippen molar-refractivity contribution in [2.75, 3.05) is 0 Å². The maximum Gasteiger partial charge on any atom is 0.217 e. The predicted molar refractivity (Wildman–Crippen MR) is 139 cm³/mol. The highest BCUT2D eigenvalue weighted by atomic mass is 35.5. The molecule has 35 heavy (non-hydrogen) atoms. The van der Waals surface area contributed by atoms with Crippen molar-refractivity contribution in [3.63, 3.8) is 0 Å². The zero-order valence-electron chi connectivity index (χ0n) is 17.4. The lowest BCUT2D eigenvalue weighted by Gasteiger charge is -2.26. The molecule has 4 aromatic rings. The van der Waals surface area contributed by atoms with Crippen LogP contribution in [-0.2, 0) is 4.79 Å². The summed E-state index contributed by atoms with van der Waals surface area (Å²) < 4.78 is 34.6. The minimum atomic E-state index is -0.610. The molecule has 0 spiro atoms. The van der Waals surface area contributed by atoms with Crippen molar-refractivity contribution in [2.45, 2.75) is 48.3 Å². The number of aromatic nitrogens is 2. The van der Waals surface area contributed by atoms with E-state index in [2.05, 4.69) is 10.4 Å². The van der Waals surface area contributed by atoms with Gasteiger partial charge in [-0.2, -0.15) is 5.10 Å². The molecule has 0 aliphatic heterocycles. The summed E-state index contributed by atoms with van der Waals surface area (Å²) in [4.78, 5) is 11.6. The van der Waals surface area contributed by atoms with Crippen LogP contribution in [0.3, 0.4) is 0 Å². The fraction of sp³-hybridized carbons (Fsp3) is 0.259. The SMILES string of the molecule is C.C.C.CC(=O)N[C@H](C)[C@H](Oc1cc2cnn(-c3ccc(F)cc3)c2cc1Cl)c1ccc(F)cc1. The Labute approximate surface area is 210 Å². The second kappa shape index (κ2) is 12.3. The highest BCUT2D eigenvalue weighted by Crippen LogP contribution is 2.35. The number of rotatable bonds is 6. The number of carbonyl (C=O) groups excluding carboxylic acids is 1. The number of fused-ring (bicyclic) bond motifs is 1. The van der Waals surface area contributed by atoms with Crippen molar-refractivity contribution in [3.05, 3.63) is 89.1 Å². The van der Waals surface area contributed by atoms with Gasteiger partial charge in [0.05, 0.1) is 28.5 Å². The third kappa shape index (κ3) is 6.57. The van der Waals surface area contributed by atoms with Crippen LogP contribution >= 0.6 is 11.6 Å². The largest absolute Gasteiger partial charge is 0.482 e. The van der Waals surface area contributed by atoms with E-state index in [1.807, 2.05) is 0 Å². The van der Waals surface area contributed by atoms with Gasteiger partial charge in [-0.3, -0.25) is 4.79 Å². The molecule has 5 nitrogen and oxygen atoms in total. The van der Waals surface area contributed by atoms with Crippen molar-refractivity contribution in [2.24, 2.45) is 0 Å². The van der Waals surface area contributed by atoms with Crippen LogP contribution in [0, 0.1) is 11.6 Å². The smallest absolute Gasteiger partial charge is 0.217 e. The van der Waals surface area contributed by atoms with Crippen LogP contribution in [0.4, 0.5) is 8.78 Å². The topological polar surface area (TPSA) is 56.1 Å². The van der Waals surface area contributed by atoms with Gasteiger partial charge in [-0.25, -0.2) is 13.5 Å². The number of hydrogen-bond donors (Lipinski definition) is 1. The molecule has 0 saturated heterocycles. The normalized spacial score (nSPS) is 11.9. The van der Waals surface area contributed by atoms with E-state index in [4.69, 9.17) is 16.3 Å². The van der Waals surface area contributed by atoms with Gasteiger partial charge >= 0.3 is 0 Å². The summed E-state index contributed by atoms with van der Waals surface area (Å²) in [6.45, 7) is 3.22. The Morgan fingerprint density at radius 1 is 1.00 bits per heavy atom. The van der Waals surface area contributed by atoms with Gasteiger partial charge < -0.3 is 10.1 Å². The van der Waals surface area contributed by atoms with Gasteiger partial charge in [0.25, 0.3) is 0 Å². The number of carbonyl (C=O) groups is 1. The molecule has 0 radical (unpaired) electrons. The van der Waals surface area contributed by atoms with Crippen LogP contribution in [0.2, 0.25) is 5.02 Å². The van der Waals surface area contributed by atoms with E-state index < -0.39 is 12.1 Å². The minimum Gasteiger partial charge on any atom is -0.482 e. The Morgan fingerprint density at radius 2 is 1.57 bits per heavy atom. The molecule has 1 heterocycles. The molecule has 1 amide bonds. The fourth-order valence-electron chi connectivity index (χ4n) is 3.55. The summed E-state index contributed by atoms with van der Waals surface area (Å²) in [6, 6.07) is 14.9. The zero-order valence-corrected chi connectivity index (χ0v) is 18.1. The number of nitrogens with zero attached hydrogens (tertiary/aromatic N) is 2. The van der Waals surface area contributed by atoms with Gasteiger partial charge in [-0.15, -0.1) is 0 Å². The lowest BCUT2D eigenvalue weighted by atomic mass is 10.0. The minimum absolute atomic E-state index is 0. The third-order valence-corrected chi connectivity index (χ3v) is 5.33. The first kappa shape index (κ1) is 29.6. The lowest BCUT2D eigenvalue weighted by Crippen LogP contribution is -2.38. The van der Waals surface area contributed by atoms with Crippen molar-refractivity contribution < 1.29 is 18.3 Å². The third-order valence-electron chi connectivity index (χ3n) is 5.03. The summed E-state index contributed by atoms with van der Waals surface area (Å²) in [5.41, 5.74) is 2.10. The average Bonchev–Trinajstić information content (AvgIpc) is 3.15. The van der Waals surface area contributed by atoms with E-state index in [-0.39, 0.29) is 39.8 Å². The molecular formula is C27H32ClF2N3O2. The molecule has 0 aliphatic rings. The number of halogens is 3. The monoisotopic (exact) mass is 503 g/mol. The van der Waals surface area contributed by atoms with Crippen molar-refractivity contribution in [3.8, 4) is 11.4 Å². The van der Waals surface area contributed by atoms with Gasteiger partial charge in [0.2, 0.25) is 5.91 Å². The molecule has 1 aromatic heterocycles. The van der Waals surface area contributed by atoms with Gasteiger partial charge in [0, 0.05) is 12.3 Å². The molecule has 4 rings (SSSR count). The van der Waals surface area contributed by atoms with Crippen molar-refractivity contribution in [1.29, 1.82) is 0 Å². The Hall–Kier alpha value is -3.45. The van der Waals surface area contributed by atoms with Gasteiger partial charge in [-0.1, -0.05) is 46.0 Å². The number of benzene rings is 3. The molecule has 0 saturated carbocycles. The molecule has 3 aromatic carbocycles. The highest BCUT2D eigenvalue weighted by molar-refractivity contribution is 6.32. The Kier molecular flexibility index (Phi) is 10.4. The Morgan fingerprint density at radius 3 is 2.14 bits per heavy atom. The number of nitrogens with one attached hydrogen (secondary N) is 1. The second-order valence-electron chi connectivity index (χ2n) is 7.45. The first-order valence-electron chi connectivity index (χ1n) is 9.94. The summed E-state index contributed by atoms with van der Waals surface area (Å²) in [5.74, 6) is -0.522. The van der Waals surface area contributed by atoms with Gasteiger partial charge in [0.1, 0.15) is 23.5 Å². The number of amides is 1. The average molecular weight is 504 g/mol. The van der Waals surface area contributed by atoms with Crippen LogP contribution in [0.25, 0.3) is 16.6 Å². The van der Waals surface area contributed by atoms with E-state index in [0.29, 0.717) is 22.0 Å². The quantitative estimate of drug-likeness (QED) is 0.296. The predicted octanol–water partition coefficient (Wildman–Crippen LogP) is 7.51. The number of ether oxygens (including phenoxy) is 1. The van der Waals surface area contributed by atoms with Crippen LogP contribution in [0.1, 0.15) is 47.8 Å². The van der Waals surface area contributed by atoms with Crippen molar-refractivity contribution in [1.82, 2.24) is 15.1 Å². The molecular weight excluding hydrogens is 472 g/mol. The second-order valence-corrected chi connectivity index (χ2v) is 7.86. The summed E-state index contributed by atoms with van der Waals surface area (Å²) in [5, 5.41) is 8.29. The van der Waals surface area contributed by atoms with Crippen LogP contribution in [0.5, 0.6) is 5.75 Å². The van der Waals surface area contributed by atoms with E-state index in [1.165, 1.54) is 31.2 Å². The van der Waals surface area contributed by atoms with Gasteiger partial charge in [0.15, 0.2) is 0 Å². The first-order chi connectivity index (χ1) is 15.3. The molecule has 0 bridgehead atoms. The molecule has 0 fully saturated rings. The molecule has 0 unspecified atom stereocenters. The lowest BCUT2D eigenvalue weighted by molar-refractivity contribution is -0.120. The van der Waals surface area contributed by atoms with Crippen LogP contribution in [-0.4, -0.2) is 21.7 Å². The first-order valence-corrected chi connectivity index (χ1v) is 10.3. The van der Waals surface area contributed by atoms with Gasteiger partial charge in [-0.05, 0) is 61.0 Å². The zero-order chi connectivity index (χ0) is 22.8. The Balaban J connectivity index is 0.00000204. The molecule has 1 N–H and O–H groups in total. The Bertz CT molecular complexity index is 1260. The molecule has 0 aliphatic carbocycles. The van der Waals surface area contributed by atoms with E-state index >= 15 is 0 Å². The van der Waals surface area contributed by atoms with Crippen molar-refractivity contribution >= 4 is 28.4 Å². The van der Waals surface area contributed by atoms with Crippen LogP contribution in [0.15, 0.2) is 66.9 Å². The maximum absolute atomic E-state index is 13.4. The summed E-state index contributed by atoms with van der Waals surface area (Å²) >= 11 is 6.54. The molecule has 2 atom stereocenters. The number of hydrogen-bond acceptors (Lipinski definition) is 3. The fourth-order valence-corrected chi connectivity index (χ4v) is 3.75. The van der Waals surface area contributed by atoms with E-state index in [9.17, 15) is 13.6 Å². The molecule has 8 heteroatoms. The van der Waals surface area contributed by atoms with E-state index in [0.717, 1.165) is 10.9 Å². The summed E-state index contributed by atoms with van der Waals surface area (Å²) in [6.07, 6.45) is 1.05.